The third-order valence-electron chi connectivity index (χ3n) is 2.60. The van der Waals surface area contributed by atoms with Crippen LogP contribution in [0.2, 0.25) is 0 Å². The molecule has 104 valence electrons. The molecule has 0 unspecified atom stereocenters. The lowest BCUT2D eigenvalue weighted by atomic mass is 10.2. The van der Waals surface area contributed by atoms with Gasteiger partial charge in [0, 0.05) is 37.5 Å². The summed E-state index contributed by atoms with van der Waals surface area (Å²) in [6.07, 6.45) is 3.19. The average molecular weight is 282 g/mol. The van der Waals surface area contributed by atoms with Crippen LogP contribution >= 0.6 is 11.3 Å². The first-order chi connectivity index (χ1) is 9.02. The zero-order valence-corrected chi connectivity index (χ0v) is 11.9. The van der Waals surface area contributed by atoms with Crippen molar-refractivity contribution in [3.8, 4) is 0 Å². The van der Waals surface area contributed by atoms with Gasteiger partial charge in [0.15, 0.2) is 0 Å². The second-order valence-electron chi connectivity index (χ2n) is 4.13. The highest BCUT2D eigenvalue weighted by atomic mass is 32.1. The van der Waals surface area contributed by atoms with Gasteiger partial charge in [-0.25, -0.2) is 4.79 Å². The highest BCUT2D eigenvalue weighted by Crippen LogP contribution is 2.20. The molecule has 1 aromatic rings. The van der Waals surface area contributed by atoms with Gasteiger partial charge in [-0.1, -0.05) is 0 Å². The quantitative estimate of drug-likeness (QED) is 0.742. The van der Waals surface area contributed by atoms with Crippen molar-refractivity contribution in [2.45, 2.75) is 13.0 Å². The molecular formula is C13H18N2O3S. The Labute approximate surface area is 116 Å². The molecule has 0 saturated heterocycles. The van der Waals surface area contributed by atoms with Gasteiger partial charge in [0.1, 0.15) is 0 Å². The lowest BCUT2D eigenvalue weighted by Gasteiger charge is -2.15. The van der Waals surface area contributed by atoms with Crippen molar-refractivity contribution in [3.63, 3.8) is 0 Å². The maximum Gasteiger partial charge on any atom is 0.328 e. The standard InChI is InChI=1S/C13H18N2O3S/c1-14-12(16)5-7-15(2)9-11-10(6-8-19-11)3-4-13(17)18/h3-4,6,8H,5,7,9H2,1-2H3,(H,14,16)(H,17,18)/b4-3+. The monoisotopic (exact) mass is 282 g/mol. The van der Waals surface area contributed by atoms with Crippen molar-refractivity contribution in [2.24, 2.45) is 0 Å². The molecule has 0 radical (unpaired) electrons. The Bertz CT molecular complexity index is 468. The normalized spacial score (nSPS) is 11.1. The Kier molecular flexibility index (Phi) is 6.24. The minimum atomic E-state index is -0.954. The molecule has 6 heteroatoms. The molecule has 19 heavy (non-hydrogen) atoms. The van der Waals surface area contributed by atoms with E-state index in [-0.39, 0.29) is 5.91 Å². The van der Waals surface area contributed by atoms with E-state index in [1.807, 2.05) is 23.4 Å². The molecule has 1 heterocycles. The van der Waals surface area contributed by atoms with Gasteiger partial charge in [-0.2, -0.15) is 0 Å². The number of thiophene rings is 1. The van der Waals surface area contributed by atoms with Crippen LogP contribution in [0, 0.1) is 0 Å². The Morgan fingerprint density at radius 1 is 1.53 bits per heavy atom. The molecule has 0 aliphatic heterocycles. The van der Waals surface area contributed by atoms with E-state index in [0.717, 1.165) is 16.5 Å². The fraction of sp³-hybridized carbons (Fsp3) is 0.385. The Morgan fingerprint density at radius 2 is 2.26 bits per heavy atom. The Balaban J connectivity index is 2.55. The molecule has 0 aromatic carbocycles. The van der Waals surface area contributed by atoms with E-state index >= 15 is 0 Å². The first-order valence-corrected chi connectivity index (χ1v) is 6.77. The predicted molar refractivity (Wildman–Crippen MR) is 76.0 cm³/mol. The van der Waals surface area contributed by atoms with Gasteiger partial charge in [0.25, 0.3) is 0 Å². The lowest BCUT2D eigenvalue weighted by Crippen LogP contribution is -2.26. The first kappa shape index (κ1) is 15.4. The summed E-state index contributed by atoms with van der Waals surface area (Å²) in [5.74, 6) is -0.936. The number of aliphatic carboxylic acids is 1. The smallest absolute Gasteiger partial charge is 0.328 e. The number of carbonyl (C=O) groups excluding carboxylic acids is 1. The fourth-order valence-electron chi connectivity index (χ4n) is 1.53. The van der Waals surface area contributed by atoms with E-state index in [2.05, 4.69) is 5.32 Å². The molecule has 0 fully saturated rings. The van der Waals surface area contributed by atoms with E-state index in [1.165, 1.54) is 0 Å². The number of carboxylic acid groups (broad SMARTS) is 1. The SMILES string of the molecule is CNC(=O)CCN(C)Cc1sccc1/C=C/C(=O)O. The summed E-state index contributed by atoms with van der Waals surface area (Å²) < 4.78 is 0. The summed E-state index contributed by atoms with van der Waals surface area (Å²) in [6, 6.07) is 1.89. The number of amides is 1. The number of nitrogens with zero attached hydrogens (tertiary/aromatic N) is 1. The largest absolute Gasteiger partial charge is 0.478 e. The highest BCUT2D eigenvalue weighted by Gasteiger charge is 2.07. The van der Waals surface area contributed by atoms with E-state index in [1.54, 1.807) is 24.5 Å². The van der Waals surface area contributed by atoms with Crippen molar-refractivity contribution >= 4 is 29.3 Å². The maximum absolute atomic E-state index is 11.2. The predicted octanol–water partition coefficient (Wildman–Crippen LogP) is 1.41. The van der Waals surface area contributed by atoms with Crippen molar-refractivity contribution in [3.05, 3.63) is 28.0 Å². The molecule has 0 aliphatic rings. The van der Waals surface area contributed by atoms with Crippen molar-refractivity contribution < 1.29 is 14.7 Å². The van der Waals surface area contributed by atoms with Crippen LogP contribution in [0.1, 0.15) is 16.9 Å². The Hall–Kier alpha value is -1.66. The molecule has 1 aromatic heterocycles. The number of hydrogen-bond donors (Lipinski definition) is 2. The summed E-state index contributed by atoms with van der Waals surface area (Å²) in [5, 5.41) is 13.1. The van der Waals surface area contributed by atoms with Crippen LogP contribution in [0.25, 0.3) is 6.08 Å². The van der Waals surface area contributed by atoms with E-state index in [9.17, 15) is 9.59 Å². The van der Waals surface area contributed by atoms with Crippen LogP contribution in [0.3, 0.4) is 0 Å². The van der Waals surface area contributed by atoms with Gasteiger partial charge in [-0.05, 0) is 30.1 Å². The zero-order valence-electron chi connectivity index (χ0n) is 11.0. The molecular weight excluding hydrogens is 264 g/mol. The molecule has 1 rings (SSSR count). The van der Waals surface area contributed by atoms with Crippen molar-refractivity contribution in [2.75, 3.05) is 20.6 Å². The second kappa shape index (κ2) is 7.70. The number of nitrogens with one attached hydrogen (secondary N) is 1. The third kappa shape index (κ3) is 5.67. The highest BCUT2D eigenvalue weighted by molar-refractivity contribution is 7.10. The van der Waals surface area contributed by atoms with Gasteiger partial charge < -0.3 is 15.3 Å². The van der Waals surface area contributed by atoms with Gasteiger partial charge >= 0.3 is 5.97 Å². The van der Waals surface area contributed by atoms with Crippen LogP contribution in [-0.2, 0) is 16.1 Å². The van der Waals surface area contributed by atoms with Crippen LogP contribution < -0.4 is 5.32 Å². The van der Waals surface area contributed by atoms with Crippen molar-refractivity contribution in [1.29, 1.82) is 0 Å². The van der Waals surface area contributed by atoms with Crippen LogP contribution in [0.4, 0.5) is 0 Å². The van der Waals surface area contributed by atoms with Crippen LogP contribution in [-0.4, -0.2) is 42.5 Å². The molecule has 1 amide bonds. The van der Waals surface area contributed by atoms with Crippen LogP contribution in [0.5, 0.6) is 0 Å². The number of hydrogen-bond acceptors (Lipinski definition) is 4. The molecule has 0 spiro atoms. The average Bonchev–Trinajstić information content (AvgIpc) is 2.80. The number of carboxylic acids is 1. The van der Waals surface area contributed by atoms with E-state index in [0.29, 0.717) is 19.5 Å². The molecule has 0 saturated carbocycles. The fourth-order valence-corrected chi connectivity index (χ4v) is 2.48. The molecule has 0 atom stereocenters. The van der Waals surface area contributed by atoms with Crippen molar-refractivity contribution in [1.82, 2.24) is 10.2 Å². The van der Waals surface area contributed by atoms with Crippen LogP contribution in [0.15, 0.2) is 17.5 Å². The molecule has 5 nitrogen and oxygen atoms in total. The topological polar surface area (TPSA) is 69.6 Å². The van der Waals surface area contributed by atoms with E-state index < -0.39 is 5.97 Å². The van der Waals surface area contributed by atoms with E-state index in [4.69, 9.17) is 5.11 Å². The minimum Gasteiger partial charge on any atom is -0.478 e. The number of carbonyl (C=O) groups is 2. The first-order valence-electron chi connectivity index (χ1n) is 5.89. The minimum absolute atomic E-state index is 0.0176. The summed E-state index contributed by atoms with van der Waals surface area (Å²) in [4.78, 5) is 24.8. The van der Waals surface area contributed by atoms with Gasteiger partial charge in [-0.3, -0.25) is 4.79 Å². The maximum atomic E-state index is 11.2. The zero-order chi connectivity index (χ0) is 14.3. The lowest BCUT2D eigenvalue weighted by molar-refractivity contribution is -0.131. The van der Waals surface area contributed by atoms with Gasteiger partial charge in [-0.15, -0.1) is 11.3 Å². The summed E-state index contributed by atoms with van der Waals surface area (Å²) >= 11 is 1.58. The summed E-state index contributed by atoms with van der Waals surface area (Å²) in [5.41, 5.74) is 0.916. The summed E-state index contributed by atoms with van der Waals surface area (Å²) in [7, 11) is 3.56. The number of rotatable bonds is 7. The molecule has 0 bridgehead atoms. The molecule has 2 N–H and O–H groups in total. The Morgan fingerprint density at radius 3 is 2.89 bits per heavy atom. The third-order valence-corrected chi connectivity index (χ3v) is 3.52. The van der Waals surface area contributed by atoms with Gasteiger partial charge in [0.2, 0.25) is 5.91 Å². The second-order valence-corrected chi connectivity index (χ2v) is 5.13. The van der Waals surface area contributed by atoms with Gasteiger partial charge in [0.05, 0.1) is 0 Å². The summed E-state index contributed by atoms with van der Waals surface area (Å²) in [6.45, 7) is 1.37. The molecule has 0 aliphatic carbocycles.